The monoisotopic (exact) mass is 500 g/mol. The molecule has 0 unspecified atom stereocenters. The first-order chi connectivity index (χ1) is 17.5. The van der Waals surface area contributed by atoms with Gasteiger partial charge in [-0.3, -0.25) is 0 Å². The Balaban J connectivity index is 1.39. The molecule has 2 aliphatic carbocycles. The molecule has 1 aromatic heterocycles. The maximum atomic E-state index is 13.5. The summed E-state index contributed by atoms with van der Waals surface area (Å²) in [6, 6.07) is 10.7. The third-order valence-corrected chi connectivity index (χ3v) is 8.32. The maximum absolute atomic E-state index is 13.5. The van der Waals surface area contributed by atoms with Crippen LogP contribution in [0, 0.1) is 13.8 Å². The van der Waals surface area contributed by atoms with Gasteiger partial charge in [0, 0.05) is 30.5 Å². The van der Waals surface area contributed by atoms with E-state index in [4.69, 9.17) is 4.74 Å². The van der Waals surface area contributed by atoms with Crippen LogP contribution < -0.4 is 10.1 Å². The summed E-state index contributed by atoms with van der Waals surface area (Å²) in [6.07, 6.45) is 8.21. The molecule has 0 saturated heterocycles. The molecule has 2 aromatic carbocycles. The van der Waals surface area contributed by atoms with Crippen LogP contribution in [0.5, 0.6) is 5.75 Å². The molecular formula is C31H40N4O2. The predicted octanol–water partition coefficient (Wildman–Crippen LogP) is 7.04. The van der Waals surface area contributed by atoms with E-state index in [-0.39, 0.29) is 22.9 Å². The van der Waals surface area contributed by atoms with Crippen LogP contribution in [0.4, 0.5) is 10.5 Å². The van der Waals surface area contributed by atoms with Gasteiger partial charge in [0.15, 0.2) is 0 Å². The summed E-state index contributed by atoms with van der Waals surface area (Å²) in [5.74, 6) is 0.684. The number of imidazole rings is 1. The van der Waals surface area contributed by atoms with Crippen molar-refractivity contribution in [3.63, 3.8) is 0 Å². The van der Waals surface area contributed by atoms with E-state index in [0.29, 0.717) is 12.3 Å². The Labute approximate surface area is 221 Å². The highest BCUT2D eigenvalue weighted by Gasteiger charge is 2.38. The number of carbonyl (C=O) groups excluding carboxylic acids is 1. The summed E-state index contributed by atoms with van der Waals surface area (Å²) in [4.78, 5) is 19.9. The lowest BCUT2D eigenvalue weighted by molar-refractivity contribution is 0.206. The number of rotatable bonds is 6. The lowest BCUT2D eigenvalue weighted by atomic mass is 9.62. The zero-order valence-electron chi connectivity index (χ0n) is 23.3. The van der Waals surface area contributed by atoms with Crippen LogP contribution in [0.3, 0.4) is 0 Å². The minimum absolute atomic E-state index is 0.0625. The van der Waals surface area contributed by atoms with Crippen molar-refractivity contribution in [3.05, 3.63) is 70.8 Å². The summed E-state index contributed by atoms with van der Waals surface area (Å²) in [5.41, 5.74) is 8.29. The van der Waals surface area contributed by atoms with Crippen LogP contribution >= 0.6 is 0 Å². The second-order valence-corrected chi connectivity index (χ2v) is 12.2. The molecule has 196 valence electrons. The van der Waals surface area contributed by atoms with Gasteiger partial charge in [-0.25, -0.2) is 9.78 Å². The molecule has 0 bridgehead atoms. The topological polar surface area (TPSA) is 59.4 Å². The number of ether oxygens (including phenoxy) is 1. The van der Waals surface area contributed by atoms with Gasteiger partial charge in [0.1, 0.15) is 5.75 Å². The van der Waals surface area contributed by atoms with E-state index in [1.807, 2.05) is 40.8 Å². The number of hydrogen-bond donors (Lipinski definition) is 1. The van der Waals surface area contributed by atoms with E-state index < -0.39 is 0 Å². The van der Waals surface area contributed by atoms with Crippen molar-refractivity contribution in [2.75, 3.05) is 12.4 Å². The second-order valence-electron chi connectivity index (χ2n) is 12.2. The zero-order chi connectivity index (χ0) is 26.5. The number of fused-ring (bicyclic) bond motifs is 1. The Morgan fingerprint density at radius 1 is 1.08 bits per heavy atom. The third kappa shape index (κ3) is 4.98. The maximum Gasteiger partial charge on any atom is 0.322 e. The number of urea groups is 1. The van der Waals surface area contributed by atoms with Crippen LogP contribution in [-0.4, -0.2) is 33.6 Å². The number of methoxy groups -OCH3 is 1. The van der Waals surface area contributed by atoms with Crippen LogP contribution in [0.2, 0.25) is 0 Å². The summed E-state index contributed by atoms with van der Waals surface area (Å²) in [7, 11) is 1.65. The lowest BCUT2D eigenvalue weighted by Gasteiger charge is -2.42. The minimum Gasteiger partial charge on any atom is -0.494 e. The fourth-order valence-corrected chi connectivity index (χ4v) is 5.59. The summed E-state index contributed by atoms with van der Waals surface area (Å²) < 4.78 is 7.57. The zero-order valence-corrected chi connectivity index (χ0v) is 23.3. The van der Waals surface area contributed by atoms with Gasteiger partial charge in [-0.15, -0.1) is 0 Å². The van der Waals surface area contributed by atoms with Crippen molar-refractivity contribution < 1.29 is 9.53 Å². The molecule has 2 aliphatic rings. The molecule has 1 N–H and O–H groups in total. The fraction of sp³-hybridized carbons (Fsp3) is 0.484. The van der Waals surface area contributed by atoms with Crippen LogP contribution in [0.15, 0.2) is 42.9 Å². The van der Waals surface area contributed by atoms with E-state index in [1.165, 1.54) is 35.1 Å². The van der Waals surface area contributed by atoms with E-state index >= 15 is 0 Å². The number of benzene rings is 2. The Kier molecular flexibility index (Phi) is 6.33. The van der Waals surface area contributed by atoms with Crippen molar-refractivity contribution >= 4 is 11.7 Å². The van der Waals surface area contributed by atoms with Crippen molar-refractivity contribution in [2.24, 2.45) is 0 Å². The van der Waals surface area contributed by atoms with E-state index in [0.717, 1.165) is 29.9 Å². The Morgan fingerprint density at radius 2 is 1.76 bits per heavy atom. The van der Waals surface area contributed by atoms with Gasteiger partial charge >= 0.3 is 6.03 Å². The Morgan fingerprint density at radius 3 is 2.35 bits per heavy atom. The average molecular weight is 501 g/mol. The summed E-state index contributed by atoms with van der Waals surface area (Å²) >= 11 is 0. The molecule has 0 spiro atoms. The first kappa shape index (κ1) is 25.4. The van der Waals surface area contributed by atoms with Gasteiger partial charge < -0.3 is 19.5 Å². The highest BCUT2D eigenvalue weighted by molar-refractivity contribution is 5.90. The van der Waals surface area contributed by atoms with Gasteiger partial charge in [0.25, 0.3) is 0 Å². The molecule has 0 radical (unpaired) electrons. The number of aromatic nitrogens is 2. The van der Waals surface area contributed by atoms with E-state index in [9.17, 15) is 4.79 Å². The first-order valence-corrected chi connectivity index (χ1v) is 13.4. The number of nitrogens with one attached hydrogen (secondary N) is 1. The molecule has 1 heterocycles. The molecule has 3 aromatic rings. The van der Waals surface area contributed by atoms with Gasteiger partial charge in [-0.1, -0.05) is 39.8 Å². The summed E-state index contributed by atoms with van der Waals surface area (Å²) in [5, 5.41) is 3.14. The third-order valence-electron chi connectivity index (χ3n) is 8.32. The van der Waals surface area contributed by atoms with Crippen molar-refractivity contribution in [1.82, 2.24) is 14.5 Å². The highest BCUT2D eigenvalue weighted by atomic mass is 16.5. The van der Waals surface area contributed by atoms with Crippen molar-refractivity contribution in [2.45, 2.75) is 90.6 Å². The number of amides is 2. The number of anilines is 1. The second kappa shape index (κ2) is 9.23. The van der Waals surface area contributed by atoms with E-state index in [1.54, 1.807) is 13.4 Å². The van der Waals surface area contributed by atoms with Gasteiger partial charge in [0.2, 0.25) is 0 Å². The summed E-state index contributed by atoms with van der Waals surface area (Å²) in [6.45, 7) is 14.2. The number of carbonyl (C=O) groups is 1. The van der Waals surface area contributed by atoms with E-state index in [2.05, 4.69) is 57.1 Å². The SMILES string of the molecule is COc1cc(NC(=O)N(Cc2cc3c(cc2C)C(C)(C)CCC3(C)C)C2CC2)ccc1-n1cnc(C)c1. The molecule has 37 heavy (non-hydrogen) atoms. The molecule has 6 nitrogen and oxygen atoms in total. The lowest BCUT2D eigenvalue weighted by Crippen LogP contribution is -2.37. The molecule has 1 fully saturated rings. The normalized spacial score (nSPS) is 17.7. The number of hydrogen-bond acceptors (Lipinski definition) is 3. The first-order valence-electron chi connectivity index (χ1n) is 13.4. The smallest absolute Gasteiger partial charge is 0.322 e. The van der Waals surface area contributed by atoms with Crippen molar-refractivity contribution in [3.8, 4) is 11.4 Å². The average Bonchev–Trinajstić information content (AvgIpc) is 3.60. The van der Waals surface area contributed by atoms with Crippen LogP contribution in [-0.2, 0) is 17.4 Å². The van der Waals surface area contributed by atoms with Crippen LogP contribution in [0.1, 0.15) is 81.3 Å². The molecule has 0 aliphatic heterocycles. The molecular weight excluding hydrogens is 460 g/mol. The minimum atomic E-state index is -0.0625. The molecule has 1 saturated carbocycles. The standard InChI is InChI=1S/C31H40N4O2/c1-20-14-25-26(31(5,6)13-12-30(25,3)4)15-22(20)18-35(24-9-10-24)29(36)33-23-8-11-27(28(16-23)37-7)34-17-21(2)32-19-34/h8,11,14-17,19,24H,9-10,12-13,18H2,1-7H3,(H,33,36). The highest BCUT2D eigenvalue weighted by Crippen LogP contribution is 2.46. The largest absolute Gasteiger partial charge is 0.494 e. The molecule has 2 amide bonds. The molecule has 5 rings (SSSR count). The number of nitrogens with zero attached hydrogens (tertiary/aromatic N) is 3. The number of aryl methyl sites for hydroxylation is 2. The van der Waals surface area contributed by atoms with Gasteiger partial charge in [-0.2, -0.15) is 0 Å². The quantitative estimate of drug-likeness (QED) is 0.395. The van der Waals surface area contributed by atoms with Crippen LogP contribution in [0.25, 0.3) is 5.69 Å². The molecule has 6 heteroatoms. The molecule has 0 atom stereocenters. The van der Waals surface area contributed by atoms with Gasteiger partial charge in [-0.05, 0) is 84.7 Å². The Hall–Kier alpha value is -3.28. The predicted molar refractivity (Wildman–Crippen MR) is 149 cm³/mol. The fourth-order valence-electron chi connectivity index (χ4n) is 5.59. The van der Waals surface area contributed by atoms with Gasteiger partial charge in [0.05, 0.1) is 24.8 Å². The van der Waals surface area contributed by atoms with Crippen molar-refractivity contribution in [1.29, 1.82) is 0 Å². The Bertz CT molecular complexity index is 1330.